The molecule has 8 nitrogen and oxygen atoms in total. The second-order valence-electron chi connectivity index (χ2n) is 8.59. The van der Waals surface area contributed by atoms with Gasteiger partial charge in [-0.3, -0.25) is 14.5 Å². The number of nitrogens with zero attached hydrogens (tertiary/aromatic N) is 4. The Bertz CT molecular complexity index is 1450. The Morgan fingerprint density at radius 1 is 1.20 bits per heavy atom. The summed E-state index contributed by atoms with van der Waals surface area (Å²) < 4.78 is 5.64. The van der Waals surface area contributed by atoms with E-state index in [4.69, 9.17) is 16.0 Å². The van der Waals surface area contributed by atoms with Crippen molar-refractivity contribution in [3.8, 4) is 0 Å². The first-order valence-electron chi connectivity index (χ1n) is 11.3. The van der Waals surface area contributed by atoms with Crippen molar-refractivity contribution in [1.29, 1.82) is 0 Å². The molecule has 1 aliphatic heterocycles. The summed E-state index contributed by atoms with van der Waals surface area (Å²) >= 11 is 6.04. The smallest absolute Gasteiger partial charge is 0.260 e. The lowest BCUT2D eigenvalue weighted by atomic mass is 10.0. The van der Waals surface area contributed by atoms with E-state index in [-0.39, 0.29) is 17.5 Å². The highest BCUT2D eigenvalue weighted by Crippen LogP contribution is 2.34. The highest BCUT2D eigenvalue weighted by atomic mass is 35.5. The average molecular weight is 490 g/mol. The number of benzene rings is 2. The standard InChI is InChI=1S/C26H24ClN5O3/c1-16(31(2)15-24-28-20-7-4-3-6-19(20)25(33)29-24)26(34)32-22(23-8-5-13-35-23)14-21(30-32)17-9-11-18(27)12-10-17/h3-13,16,22H,14-15H2,1-2H3,(H,28,29,33)/t16-,22+/m1/s1. The molecule has 0 spiro atoms. The maximum absolute atomic E-state index is 13.6. The van der Waals surface area contributed by atoms with Crippen LogP contribution in [0.15, 0.2) is 81.2 Å². The number of amides is 1. The van der Waals surface area contributed by atoms with Gasteiger partial charge in [0.1, 0.15) is 17.6 Å². The van der Waals surface area contributed by atoms with E-state index in [2.05, 4.69) is 15.1 Å². The summed E-state index contributed by atoms with van der Waals surface area (Å²) in [6.07, 6.45) is 2.12. The largest absolute Gasteiger partial charge is 0.467 e. The number of para-hydroxylation sites is 1. The first-order valence-corrected chi connectivity index (χ1v) is 11.7. The van der Waals surface area contributed by atoms with Crippen LogP contribution in [0.25, 0.3) is 10.9 Å². The lowest BCUT2D eigenvalue weighted by Crippen LogP contribution is -2.43. The number of H-pyrrole nitrogens is 1. The Hall–Kier alpha value is -3.75. The summed E-state index contributed by atoms with van der Waals surface area (Å²) in [5.74, 6) is 0.979. The van der Waals surface area contributed by atoms with Crippen LogP contribution >= 0.6 is 11.6 Å². The molecule has 9 heteroatoms. The van der Waals surface area contributed by atoms with Gasteiger partial charge in [-0.05, 0) is 55.9 Å². The molecule has 178 valence electrons. The predicted octanol–water partition coefficient (Wildman–Crippen LogP) is 4.37. The van der Waals surface area contributed by atoms with E-state index < -0.39 is 6.04 Å². The Morgan fingerprint density at radius 3 is 2.71 bits per heavy atom. The van der Waals surface area contributed by atoms with Gasteiger partial charge in [-0.1, -0.05) is 35.9 Å². The summed E-state index contributed by atoms with van der Waals surface area (Å²) in [6, 6.07) is 17.3. The van der Waals surface area contributed by atoms with Crippen LogP contribution in [0.1, 0.15) is 36.5 Å². The number of nitrogens with one attached hydrogen (secondary N) is 1. The molecule has 0 bridgehead atoms. The quantitative estimate of drug-likeness (QED) is 0.434. The molecular formula is C26H24ClN5O3. The van der Waals surface area contributed by atoms with Crippen molar-refractivity contribution in [2.45, 2.75) is 32.0 Å². The van der Waals surface area contributed by atoms with Crippen molar-refractivity contribution in [3.63, 3.8) is 0 Å². The minimum atomic E-state index is -0.530. The van der Waals surface area contributed by atoms with Crippen LogP contribution in [0.4, 0.5) is 0 Å². The molecule has 1 aliphatic rings. The minimum absolute atomic E-state index is 0.180. The van der Waals surface area contributed by atoms with Gasteiger partial charge < -0.3 is 9.40 Å². The predicted molar refractivity (Wildman–Crippen MR) is 134 cm³/mol. The van der Waals surface area contributed by atoms with Gasteiger partial charge in [0.05, 0.1) is 35.5 Å². The van der Waals surface area contributed by atoms with Gasteiger partial charge in [0.25, 0.3) is 11.5 Å². The number of hydrogen-bond donors (Lipinski definition) is 1. The molecule has 0 saturated heterocycles. The molecule has 35 heavy (non-hydrogen) atoms. The summed E-state index contributed by atoms with van der Waals surface area (Å²) in [5.41, 5.74) is 2.10. The van der Waals surface area contributed by atoms with Crippen LogP contribution < -0.4 is 5.56 Å². The van der Waals surface area contributed by atoms with E-state index in [1.165, 1.54) is 5.01 Å². The lowest BCUT2D eigenvalue weighted by molar-refractivity contribution is -0.138. The maximum Gasteiger partial charge on any atom is 0.260 e. The summed E-state index contributed by atoms with van der Waals surface area (Å²) in [6.45, 7) is 2.11. The van der Waals surface area contributed by atoms with Crippen LogP contribution in [0.3, 0.4) is 0 Å². The van der Waals surface area contributed by atoms with Gasteiger partial charge in [0.2, 0.25) is 0 Å². The van der Waals surface area contributed by atoms with E-state index in [9.17, 15) is 9.59 Å². The average Bonchev–Trinajstić information content (AvgIpc) is 3.54. The molecule has 2 aromatic carbocycles. The number of rotatable bonds is 6. The van der Waals surface area contributed by atoms with Crippen molar-refractivity contribution in [3.05, 3.63) is 99.5 Å². The van der Waals surface area contributed by atoms with Crippen LogP contribution in [0.2, 0.25) is 5.02 Å². The van der Waals surface area contributed by atoms with Crippen molar-refractivity contribution in [2.24, 2.45) is 5.10 Å². The third-order valence-electron chi connectivity index (χ3n) is 6.26. The van der Waals surface area contributed by atoms with E-state index in [0.29, 0.717) is 40.5 Å². The van der Waals surface area contributed by atoms with E-state index in [1.807, 2.05) is 43.1 Å². The maximum atomic E-state index is 13.6. The molecule has 4 aromatic rings. The number of hydrogen-bond acceptors (Lipinski definition) is 6. The second-order valence-corrected chi connectivity index (χ2v) is 9.03. The lowest BCUT2D eigenvalue weighted by Gasteiger charge is -2.28. The van der Waals surface area contributed by atoms with Crippen molar-refractivity contribution < 1.29 is 9.21 Å². The molecule has 0 aliphatic carbocycles. The van der Waals surface area contributed by atoms with Gasteiger partial charge in [-0.15, -0.1) is 0 Å². The zero-order valence-electron chi connectivity index (χ0n) is 19.3. The second kappa shape index (κ2) is 9.48. The number of aromatic amines is 1. The number of halogens is 1. The summed E-state index contributed by atoms with van der Waals surface area (Å²) in [5, 5.41) is 7.36. The molecule has 2 aromatic heterocycles. The number of likely N-dealkylation sites (N-methyl/N-ethyl adjacent to an activating group) is 1. The number of hydrazone groups is 1. The number of aromatic nitrogens is 2. The molecule has 1 amide bonds. The Morgan fingerprint density at radius 2 is 1.97 bits per heavy atom. The third-order valence-corrected chi connectivity index (χ3v) is 6.52. The van der Waals surface area contributed by atoms with Crippen molar-refractivity contribution in [1.82, 2.24) is 19.9 Å². The minimum Gasteiger partial charge on any atom is -0.467 e. The van der Waals surface area contributed by atoms with E-state index in [0.717, 1.165) is 11.3 Å². The first kappa shape index (κ1) is 23.0. The fraction of sp³-hybridized carbons (Fsp3) is 0.231. The van der Waals surface area contributed by atoms with Crippen molar-refractivity contribution in [2.75, 3.05) is 7.05 Å². The van der Waals surface area contributed by atoms with Gasteiger partial charge in [0.15, 0.2) is 0 Å². The summed E-state index contributed by atoms with van der Waals surface area (Å²) in [7, 11) is 1.82. The zero-order valence-corrected chi connectivity index (χ0v) is 20.1. The Balaban J connectivity index is 1.39. The zero-order chi connectivity index (χ0) is 24.5. The Labute approximate surface area is 206 Å². The molecule has 3 heterocycles. The number of carbonyl (C=O) groups is 1. The van der Waals surface area contributed by atoms with Crippen LogP contribution in [-0.2, 0) is 11.3 Å². The van der Waals surface area contributed by atoms with Crippen molar-refractivity contribution >= 4 is 34.1 Å². The Kier molecular flexibility index (Phi) is 6.23. The molecule has 0 saturated carbocycles. The molecule has 2 atom stereocenters. The molecule has 1 N–H and O–H groups in total. The highest BCUT2D eigenvalue weighted by molar-refractivity contribution is 6.30. The van der Waals surface area contributed by atoms with Crippen LogP contribution in [0.5, 0.6) is 0 Å². The molecule has 0 unspecified atom stereocenters. The van der Waals surface area contributed by atoms with Gasteiger partial charge >= 0.3 is 0 Å². The summed E-state index contributed by atoms with van der Waals surface area (Å²) in [4.78, 5) is 35.3. The SMILES string of the molecule is C[C@H](C(=O)N1N=C(c2ccc(Cl)cc2)C[C@H]1c1ccco1)N(C)Cc1nc2ccccc2c(=O)[nH]1. The topological polar surface area (TPSA) is 94.8 Å². The van der Waals surface area contributed by atoms with E-state index in [1.54, 1.807) is 42.7 Å². The van der Waals surface area contributed by atoms with Crippen LogP contribution in [-0.4, -0.2) is 44.6 Å². The molecule has 0 fully saturated rings. The van der Waals surface area contributed by atoms with Gasteiger partial charge in [0, 0.05) is 11.4 Å². The number of carbonyl (C=O) groups excluding carboxylic acids is 1. The van der Waals surface area contributed by atoms with Gasteiger partial charge in [-0.25, -0.2) is 9.99 Å². The number of fused-ring (bicyclic) bond motifs is 1. The molecular weight excluding hydrogens is 466 g/mol. The fourth-order valence-electron chi connectivity index (χ4n) is 4.20. The number of furan rings is 1. The normalized spacial score (nSPS) is 16.6. The van der Waals surface area contributed by atoms with E-state index >= 15 is 0 Å². The molecule has 0 radical (unpaired) electrons. The van der Waals surface area contributed by atoms with Gasteiger partial charge in [-0.2, -0.15) is 5.10 Å². The van der Waals surface area contributed by atoms with Crippen LogP contribution in [0, 0.1) is 0 Å². The fourth-order valence-corrected chi connectivity index (χ4v) is 4.32. The molecule has 5 rings (SSSR count). The monoisotopic (exact) mass is 489 g/mol. The third kappa shape index (κ3) is 4.62. The highest BCUT2D eigenvalue weighted by Gasteiger charge is 2.37. The first-order chi connectivity index (χ1) is 16.9.